The molecule has 1 heterocycles. The van der Waals surface area contributed by atoms with Crippen LogP contribution in [0, 0.1) is 7.05 Å². The van der Waals surface area contributed by atoms with Crippen molar-refractivity contribution >= 4 is 6.09 Å². The smallest absolute Gasteiger partial charge is 0.409 e. The highest BCUT2D eigenvalue weighted by Gasteiger charge is 2.19. The highest BCUT2D eigenvalue weighted by atomic mass is 16.6. The number of hydrogen-bond acceptors (Lipinski definition) is 3. The van der Waals surface area contributed by atoms with Crippen LogP contribution in [-0.2, 0) is 4.74 Å². The minimum absolute atomic E-state index is 0.203. The second-order valence-corrected chi connectivity index (χ2v) is 2.80. The number of carbonyl (C=O) groups excluding carboxylic acids is 1. The lowest BCUT2D eigenvalue weighted by atomic mass is 10.3. The molecule has 0 N–H and O–H groups in total. The Hall–Kier alpha value is -0.770. The Morgan fingerprint density at radius 2 is 2.00 bits per heavy atom. The number of amides is 1. The molecular weight excluding hydrogens is 156 g/mol. The van der Waals surface area contributed by atoms with Crippen LogP contribution in [0.5, 0.6) is 0 Å². The molecule has 0 aromatic heterocycles. The lowest BCUT2D eigenvalue weighted by Gasteiger charge is -2.31. The molecule has 12 heavy (non-hydrogen) atoms. The zero-order chi connectivity index (χ0) is 8.97. The maximum atomic E-state index is 11.2. The zero-order valence-electron chi connectivity index (χ0n) is 7.45. The van der Waals surface area contributed by atoms with Crippen LogP contribution in [0.15, 0.2) is 0 Å². The highest BCUT2D eigenvalue weighted by Crippen LogP contribution is 2.01. The van der Waals surface area contributed by atoms with Crippen LogP contribution in [0.2, 0.25) is 0 Å². The van der Waals surface area contributed by atoms with Crippen LogP contribution < -0.4 is 0 Å². The number of piperazine rings is 1. The molecule has 0 aromatic carbocycles. The average molecular weight is 171 g/mol. The second kappa shape index (κ2) is 4.30. The molecule has 0 atom stereocenters. The van der Waals surface area contributed by atoms with Gasteiger partial charge in [-0.15, -0.1) is 0 Å². The largest absolute Gasteiger partial charge is 0.450 e. The fourth-order valence-corrected chi connectivity index (χ4v) is 1.15. The van der Waals surface area contributed by atoms with Gasteiger partial charge in [-0.3, -0.25) is 4.90 Å². The summed E-state index contributed by atoms with van der Waals surface area (Å²) >= 11 is 0. The lowest BCUT2D eigenvalue weighted by Crippen LogP contribution is -2.46. The topological polar surface area (TPSA) is 32.8 Å². The van der Waals surface area contributed by atoms with E-state index in [1.807, 2.05) is 11.8 Å². The molecule has 0 aromatic rings. The van der Waals surface area contributed by atoms with E-state index in [-0.39, 0.29) is 6.09 Å². The predicted octanol–water partition coefficient (Wildman–Crippen LogP) is 0.552. The van der Waals surface area contributed by atoms with Gasteiger partial charge in [0.05, 0.1) is 6.61 Å². The Labute approximate surface area is 73.1 Å². The standard InChI is InChI=1S/C8H15N2O2/c1-3-12-8(11)10-6-4-9(2)5-7-10/h2-7H2,1H3. The number of ether oxygens (including phenoxy) is 1. The Bertz CT molecular complexity index is 153. The Morgan fingerprint density at radius 1 is 1.42 bits per heavy atom. The molecule has 4 nitrogen and oxygen atoms in total. The van der Waals surface area contributed by atoms with Crippen molar-refractivity contribution in [1.29, 1.82) is 0 Å². The molecule has 1 rings (SSSR count). The maximum Gasteiger partial charge on any atom is 0.409 e. The normalized spacial score (nSPS) is 19.3. The lowest BCUT2D eigenvalue weighted by molar-refractivity contribution is 0.0886. The van der Waals surface area contributed by atoms with E-state index < -0.39 is 0 Å². The van der Waals surface area contributed by atoms with Crippen molar-refractivity contribution in [1.82, 2.24) is 9.80 Å². The van der Waals surface area contributed by atoms with Gasteiger partial charge in [0.15, 0.2) is 0 Å². The first-order chi connectivity index (χ1) is 5.74. The van der Waals surface area contributed by atoms with Crippen molar-refractivity contribution in [3.05, 3.63) is 7.05 Å². The first-order valence-corrected chi connectivity index (χ1v) is 4.21. The summed E-state index contributed by atoms with van der Waals surface area (Å²) in [4.78, 5) is 14.8. The minimum Gasteiger partial charge on any atom is -0.450 e. The van der Waals surface area contributed by atoms with Crippen LogP contribution in [0.25, 0.3) is 0 Å². The monoisotopic (exact) mass is 171 g/mol. The van der Waals surface area contributed by atoms with E-state index in [0.717, 1.165) is 26.2 Å². The van der Waals surface area contributed by atoms with Crippen molar-refractivity contribution in [2.24, 2.45) is 0 Å². The third-order valence-electron chi connectivity index (χ3n) is 1.90. The fourth-order valence-electron chi connectivity index (χ4n) is 1.15. The van der Waals surface area contributed by atoms with Crippen molar-refractivity contribution in [3.63, 3.8) is 0 Å². The van der Waals surface area contributed by atoms with E-state index in [2.05, 4.69) is 7.05 Å². The van der Waals surface area contributed by atoms with E-state index >= 15 is 0 Å². The number of nitrogens with zero attached hydrogens (tertiary/aromatic N) is 2. The number of hydrogen-bond donors (Lipinski definition) is 0. The summed E-state index contributed by atoms with van der Waals surface area (Å²) in [5.41, 5.74) is 0. The molecule has 0 saturated carbocycles. The van der Waals surface area contributed by atoms with E-state index in [9.17, 15) is 4.79 Å². The van der Waals surface area contributed by atoms with Gasteiger partial charge in [-0.25, -0.2) is 4.79 Å². The van der Waals surface area contributed by atoms with Gasteiger partial charge in [0.1, 0.15) is 0 Å². The first kappa shape index (κ1) is 9.32. The molecule has 1 aliphatic rings. The summed E-state index contributed by atoms with van der Waals surface area (Å²) in [5, 5.41) is 0. The average Bonchev–Trinajstić information content (AvgIpc) is 2.06. The van der Waals surface area contributed by atoms with Crippen LogP contribution in [0.1, 0.15) is 6.92 Å². The molecule has 1 aliphatic heterocycles. The van der Waals surface area contributed by atoms with Gasteiger partial charge in [0.25, 0.3) is 0 Å². The van der Waals surface area contributed by atoms with Gasteiger partial charge in [0.2, 0.25) is 0 Å². The molecule has 4 heteroatoms. The van der Waals surface area contributed by atoms with Crippen molar-refractivity contribution < 1.29 is 9.53 Å². The fraction of sp³-hybridized carbons (Fsp3) is 0.750. The first-order valence-electron chi connectivity index (χ1n) is 4.21. The summed E-state index contributed by atoms with van der Waals surface area (Å²) in [6.07, 6.45) is -0.203. The Kier molecular flexibility index (Phi) is 3.34. The minimum atomic E-state index is -0.203. The van der Waals surface area contributed by atoms with Gasteiger partial charge in [-0.2, -0.15) is 0 Å². The summed E-state index contributed by atoms with van der Waals surface area (Å²) in [7, 11) is 3.79. The quantitative estimate of drug-likeness (QED) is 0.577. The van der Waals surface area contributed by atoms with Gasteiger partial charge in [-0.1, -0.05) is 0 Å². The van der Waals surface area contributed by atoms with Crippen molar-refractivity contribution in [3.8, 4) is 0 Å². The van der Waals surface area contributed by atoms with Gasteiger partial charge in [-0.05, 0) is 6.92 Å². The van der Waals surface area contributed by atoms with Crippen molar-refractivity contribution in [2.75, 3.05) is 32.8 Å². The Balaban J connectivity index is 2.29. The molecule has 0 aliphatic carbocycles. The molecule has 0 bridgehead atoms. The summed E-state index contributed by atoms with van der Waals surface area (Å²) < 4.78 is 4.86. The van der Waals surface area contributed by atoms with Gasteiger partial charge >= 0.3 is 6.09 Å². The third-order valence-corrected chi connectivity index (χ3v) is 1.90. The molecule has 1 fully saturated rings. The molecule has 1 radical (unpaired) electrons. The van der Waals surface area contributed by atoms with Crippen molar-refractivity contribution in [2.45, 2.75) is 6.92 Å². The number of carbonyl (C=O) groups is 1. The molecule has 1 amide bonds. The molecule has 0 unspecified atom stereocenters. The molecular formula is C8H15N2O2. The molecule has 69 valence electrons. The van der Waals surface area contributed by atoms with E-state index in [4.69, 9.17) is 4.74 Å². The van der Waals surface area contributed by atoms with E-state index in [0.29, 0.717) is 6.61 Å². The number of rotatable bonds is 1. The van der Waals surface area contributed by atoms with Crippen LogP contribution in [-0.4, -0.2) is 48.7 Å². The highest BCUT2D eigenvalue weighted by molar-refractivity contribution is 5.67. The SMILES string of the molecule is [CH2]N1CCN(C(=O)OCC)CC1. The Morgan fingerprint density at radius 3 is 2.50 bits per heavy atom. The predicted molar refractivity (Wildman–Crippen MR) is 45.5 cm³/mol. The summed E-state index contributed by atoms with van der Waals surface area (Å²) in [6.45, 7) is 5.38. The second-order valence-electron chi connectivity index (χ2n) is 2.80. The van der Waals surface area contributed by atoms with Gasteiger partial charge in [0, 0.05) is 33.2 Å². The molecule has 0 spiro atoms. The van der Waals surface area contributed by atoms with Crippen LogP contribution in [0.3, 0.4) is 0 Å². The van der Waals surface area contributed by atoms with Crippen LogP contribution in [0.4, 0.5) is 4.79 Å². The maximum absolute atomic E-state index is 11.2. The zero-order valence-corrected chi connectivity index (χ0v) is 7.45. The van der Waals surface area contributed by atoms with E-state index in [1.54, 1.807) is 4.90 Å². The van der Waals surface area contributed by atoms with Gasteiger partial charge < -0.3 is 9.64 Å². The van der Waals surface area contributed by atoms with E-state index in [1.165, 1.54) is 0 Å². The molecule has 1 saturated heterocycles. The summed E-state index contributed by atoms with van der Waals surface area (Å²) in [6, 6.07) is 0. The van der Waals surface area contributed by atoms with Crippen LogP contribution >= 0.6 is 0 Å². The third kappa shape index (κ3) is 2.37. The summed E-state index contributed by atoms with van der Waals surface area (Å²) in [5.74, 6) is 0.